The zero-order chi connectivity index (χ0) is 38.1. The maximum absolute atomic E-state index is 2.46. The summed E-state index contributed by atoms with van der Waals surface area (Å²) in [6.45, 7) is 0. The van der Waals surface area contributed by atoms with Gasteiger partial charge in [0.25, 0.3) is 0 Å². The lowest BCUT2D eigenvalue weighted by molar-refractivity contribution is 0.768. The van der Waals surface area contributed by atoms with Crippen LogP contribution in [0.5, 0.6) is 0 Å². The number of hydrogen-bond acceptors (Lipinski definition) is 1. The van der Waals surface area contributed by atoms with Crippen LogP contribution in [-0.2, 0) is 5.41 Å². The summed E-state index contributed by atoms with van der Waals surface area (Å²) in [5.74, 6) is 0. The summed E-state index contributed by atoms with van der Waals surface area (Å²) in [5.41, 5.74) is 16.0. The third-order valence-electron chi connectivity index (χ3n) is 12.4. The monoisotopic (exact) mass is 747 g/mol. The van der Waals surface area contributed by atoms with Crippen LogP contribution in [0.15, 0.2) is 222 Å². The number of fused-ring (bicyclic) bond motifs is 7. The van der Waals surface area contributed by atoms with E-state index >= 15 is 0 Å². The summed E-state index contributed by atoms with van der Waals surface area (Å²) in [7, 11) is -1.19. The lowest BCUT2D eigenvalue weighted by Gasteiger charge is -2.34. The van der Waals surface area contributed by atoms with Gasteiger partial charge in [-0.3, -0.25) is 0 Å². The van der Waals surface area contributed by atoms with Gasteiger partial charge in [-0.15, -0.1) is 0 Å². The molecule has 0 aromatic heterocycles. The summed E-state index contributed by atoms with van der Waals surface area (Å²) >= 11 is 0. The fourth-order valence-corrected chi connectivity index (χ4v) is 12.4. The molecular weight excluding hydrogens is 707 g/mol. The molecule has 272 valence electrons. The fourth-order valence-electron chi connectivity index (χ4n) is 9.83. The highest BCUT2D eigenvalue weighted by atomic mass is 32.3. The van der Waals surface area contributed by atoms with Crippen LogP contribution in [0.3, 0.4) is 0 Å². The Morgan fingerprint density at radius 3 is 1.60 bits per heavy atom. The van der Waals surface area contributed by atoms with Crippen molar-refractivity contribution >= 4 is 37.9 Å². The Balaban J connectivity index is 1.08. The standard InChI is InChI=1S/C55H41NS/c1-57(2)53-26-13-10-22-49(53)50-36-35-44(37-54(50)57)56(42-31-27-39(28-32-42)46-23-14-16-38-15-6-7-19-45(38)46)43-33-29-41(30-34-43)55(40-17-4-3-5-18-40)51-24-11-8-20-47(51)48-21-9-12-25-52(48)55/h3-37H,1-2H3. The van der Waals surface area contributed by atoms with E-state index in [-0.39, 0.29) is 0 Å². The van der Waals surface area contributed by atoms with E-state index in [4.69, 9.17) is 0 Å². The van der Waals surface area contributed by atoms with E-state index in [1.54, 1.807) is 0 Å². The predicted molar refractivity (Wildman–Crippen MR) is 243 cm³/mol. The van der Waals surface area contributed by atoms with E-state index in [2.05, 4.69) is 230 Å². The third-order valence-corrected chi connectivity index (χ3v) is 15.3. The van der Waals surface area contributed by atoms with Crippen LogP contribution in [0.25, 0.3) is 44.2 Å². The second-order valence-corrected chi connectivity index (χ2v) is 19.2. The second kappa shape index (κ2) is 13.0. The number of benzene rings is 9. The molecule has 2 aliphatic rings. The van der Waals surface area contributed by atoms with Crippen LogP contribution in [0.4, 0.5) is 17.1 Å². The molecule has 11 rings (SSSR count). The third kappa shape index (κ3) is 5.04. The van der Waals surface area contributed by atoms with Gasteiger partial charge in [-0.25, -0.2) is 0 Å². The Morgan fingerprint density at radius 2 is 0.877 bits per heavy atom. The molecule has 1 heterocycles. The molecule has 0 unspecified atom stereocenters. The van der Waals surface area contributed by atoms with Crippen LogP contribution in [0.2, 0.25) is 0 Å². The molecule has 0 spiro atoms. The highest BCUT2D eigenvalue weighted by Gasteiger charge is 2.45. The van der Waals surface area contributed by atoms with Gasteiger partial charge in [0.05, 0.1) is 5.41 Å². The van der Waals surface area contributed by atoms with Gasteiger partial charge in [-0.05, 0) is 121 Å². The molecule has 0 amide bonds. The molecule has 1 nitrogen and oxygen atoms in total. The number of hydrogen-bond donors (Lipinski definition) is 0. The highest BCUT2D eigenvalue weighted by Crippen LogP contribution is 2.68. The molecule has 9 aromatic rings. The van der Waals surface area contributed by atoms with Crippen LogP contribution in [-0.4, -0.2) is 12.5 Å². The molecule has 9 aromatic carbocycles. The van der Waals surface area contributed by atoms with Crippen LogP contribution < -0.4 is 4.90 Å². The van der Waals surface area contributed by atoms with Crippen molar-refractivity contribution in [2.24, 2.45) is 0 Å². The van der Waals surface area contributed by atoms with Crippen LogP contribution in [0.1, 0.15) is 22.3 Å². The molecule has 57 heavy (non-hydrogen) atoms. The maximum Gasteiger partial charge on any atom is 0.0713 e. The Hall–Kier alpha value is -6.61. The van der Waals surface area contributed by atoms with Gasteiger partial charge < -0.3 is 4.90 Å². The molecule has 0 N–H and O–H groups in total. The Morgan fingerprint density at radius 1 is 0.368 bits per heavy atom. The van der Waals surface area contributed by atoms with Crippen LogP contribution in [0, 0.1) is 0 Å². The minimum atomic E-state index is -1.19. The molecule has 0 saturated carbocycles. The van der Waals surface area contributed by atoms with Gasteiger partial charge in [0.2, 0.25) is 0 Å². The average Bonchev–Trinajstić information content (AvgIpc) is 3.70. The summed E-state index contributed by atoms with van der Waals surface area (Å²) in [5, 5.41) is 2.52. The molecular formula is C55H41NS. The Kier molecular flexibility index (Phi) is 7.68. The topological polar surface area (TPSA) is 3.24 Å². The molecule has 0 radical (unpaired) electrons. The Labute approximate surface area is 336 Å². The summed E-state index contributed by atoms with van der Waals surface area (Å²) in [4.78, 5) is 5.36. The summed E-state index contributed by atoms with van der Waals surface area (Å²) < 4.78 is 0. The second-order valence-electron chi connectivity index (χ2n) is 15.7. The van der Waals surface area contributed by atoms with Crippen molar-refractivity contribution in [3.05, 3.63) is 235 Å². The zero-order valence-electron chi connectivity index (χ0n) is 32.1. The van der Waals surface area contributed by atoms with E-state index in [0.29, 0.717) is 0 Å². The summed E-state index contributed by atoms with van der Waals surface area (Å²) in [6.07, 6.45) is 4.89. The van der Waals surface area contributed by atoms with E-state index in [9.17, 15) is 0 Å². The number of anilines is 3. The molecule has 0 fully saturated rings. The van der Waals surface area contributed by atoms with Crippen LogP contribution >= 0.6 is 10.0 Å². The van der Waals surface area contributed by atoms with Crippen molar-refractivity contribution in [1.29, 1.82) is 0 Å². The van der Waals surface area contributed by atoms with Crippen molar-refractivity contribution in [3.8, 4) is 33.4 Å². The van der Waals surface area contributed by atoms with Gasteiger partial charge >= 0.3 is 0 Å². The predicted octanol–water partition coefficient (Wildman–Crippen LogP) is 14.8. The first kappa shape index (κ1) is 33.7. The van der Waals surface area contributed by atoms with Crippen molar-refractivity contribution in [3.63, 3.8) is 0 Å². The van der Waals surface area contributed by atoms with Gasteiger partial charge in [0.15, 0.2) is 0 Å². The quantitative estimate of drug-likeness (QED) is 0.164. The van der Waals surface area contributed by atoms with E-state index in [1.165, 1.54) is 81.9 Å². The van der Waals surface area contributed by atoms with E-state index in [0.717, 1.165) is 11.4 Å². The SMILES string of the molecule is CS1(C)c2ccccc2-c2ccc(N(c3ccc(-c4cccc5ccccc45)cc3)c3ccc(C4(c5ccccc5)c5ccccc5-c5ccccc54)cc3)cc21. The minimum Gasteiger partial charge on any atom is -0.310 e. The maximum atomic E-state index is 2.46. The van der Waals surface area contributed by atoms with Gasteiger partial charge in [0.1, 0.15) is 0 Å². The first-order chi connectivity index (χ1) is 28.0. The van der Waals surface area contributed by atoms with Crippen molar-refractivity contribution < 1.29 is 0 Å². The van der Waals surface area contributed by atoms with Crippen molar-refractivity contribution in [2.75, 3.05) is 17.4 Å². The summed E-state index contributed by atoms with van der Waals surface area (Å²) in [6, 6.07) is 78.9. The molecule has 0 saturated heterocycles. The lowest BCUT2D eigenvalue weighted by Crippen LogP contribution is -2.28. The molecule has 1 aliphatic heterocycles. The van der Waals surface area contributed by atoms with E-state index < -0.39 is 15.4 Å². The van der Waals surface area contributed by atoms with Crippen molar-refractivity contribution in [1.82, 2.24) is 0 Å². The number of nitrogens with zero attached hydrogens (tertiary/aromatic N) is 1. The largest absolute Gasteiger partial charge is 0.310 e. The molecule has 0 bridgehead atoms. The van der Waals surface area contributed by atoms with Gasteiger partial charge in [0, 0.05) is 26.9 Å². The molecule has 1 aliphatic carbocycles. The fraction of sp³-hybridized carbons (Fsp3) is 0.0545. The first-order valence-corrected chi connectivity index (χ1v) is 22.2. The van der Waals surface area contributed by atoms with Gasteiger partial charge in [-0.1, -0.05) is 170 Å². The van der Waals surface area contributed by atoms with Crippen molar-refractivity contribution in [2.45, 2.75) is 15.2 Å². The molecule has 0 atom stereocenters. The Bertz CT molecular complexity index is 2930. The first-order valence-electron chi connectivity index (χ1n) is 19.7. The average molecular weight is 748 g/mol. The molecule has 2 heteroatoms. The number of rotatable bonds is 6. The minimum absolute atomic E-state index is 0.440. The zero-order valence-corrected chi connectivity index (χ0v) is 32.9. The normalized spacial score (nSPS) is 14.6. The van der Waals surface area contributed by atoms with E-state index in [1.807, 2.05) is 0 Å². The highest BCUT2D eigenvalue weighted by molar-refractivity contribution is 8.33. The smallest absolute Gasteiger partial charge is 0.0713 e. The lowest BCUT2D eigenvalue weighted by atomic mass is 9.68. The van der Waals surface area contributed by atoms with Gasteiger partial charge in [-0.2, -0.15) is 10.0 Å².